The number of benzene rings is 1. The third-order valence-corrected chi connectivity index (χ3v) is 6.78. The zero-order valence-corrected chi connectivity index (χ0v) is 19.0. The molecular weight excluding hydrogens is 437 g/mol. The number of carbonyl (C=O) groups excluding carboxylic acids is 2. The number of aromatic nitrogens is 2. The van der Waals surface area contributed by atoms with Gasteiger partial charge in [0.25, 0.3) is 0 Å². The first kappa shape index (κ1) is 23.6. The Labute approximate surface area is 194 Å². The highest BCUT2D eigenvalue weighted by Crippen LogP contribution is 2.45. The van der Waals surface area contributed by atoms with Crippen molar-refractivity contribution in [3.05, 3.63) is 53.6 Å². The molecule has 1 saturated carbocycles. The highest BCUT2D eigenvalue weighted by Gasteiger charge is 2.51. The van der Waals surface area contributed by atoms with E-state index in [-0.39, 0.29) is 42.5 Å². The molecule has 1 saturated heterocycles. The number of piperidine rings is 1. The van der Waals surface area contributed by atoms with Crippen LogP contribution in [-0.4, -0.2) is 51.2 Å². The van der Waals surface area contributed by atoms with Gasteiger partial charge in [-0.05, 0) is 31.2 Å². The van der Waals surface area contributed by atoms with Crippen molar-refractivity contribution >= 4 is 36.6 Å². The van der Waals surface area contributed by atoms with Crippen LogP contribution in [0.15, 0.2) is 36.7 Å². The number of hydrogen-bond acceptors (Lipinski definition) is 4. The molecule has 3 heterocycles. The molecule has 1 aromatic carbocycles. The van der Waals surface area contributed by atoms with Gasteiger partial charge in [-0.3, -0.25) is 9.59 Å². The Hall–Kier alpha value is -2.09. The average Bonchev–Trinajstić information content (AvgIpc) is 3.50. The van der Waals surface area contributed by atoms with Crippen LogP contribution in [0.4, 0.5) is 0 Å². The lowest BCUT2D eigenvalue weighted by atomic mass is 9.78. The summed E-state index contributed by atoms with van der Waals surface area (Å²) in [6, 6.07) is 8.84. The third kappa shape index (κ3) is 4.06. The highest BCUT2D eigenvalue weighted by molar-refractivity contribution is 5.86. The number of aromatic amines is 1. The number of imidazole rings is 1. The average molecular weight is 466 g/mol. The molecule has 2 fully saturated rings. The van der Waals surface area contributed by atoms with E-state index in [9.17, 15) is 9.59 Å². The van der Waals surface area contributed by atoms with Gasteiger partial charge in [0.2, 0.25) is 11.8 Å². The summed E-state index contributed by atoms with van der Waals surface area (Å²) in [6.07, 6.45) is 5.95. The van der Waals surface area contributed by atoms with Gasteiger partial charge >= 0.3 is 0 Å². The fourth-order valence-electron chi connectivity index (χ4n) is 4.95. The molecule has 0 bridgehead atoms. The topological polar surface area (TPSA) is 95.3 Å². The molecular formula is C22H29Cl2N5O2. The van der Waals surface area contributed by atoms with Crippen molar-refractivity contribution in [2.75, 3.05) is 19.6 Å². The van der Waals surface area contributed by atoms with Gasteiger partial charge in [-0.1, -0.05) is 30.3 Å². The van der Waals surface area contributed by atoms with Gasteiger partial charge in [-0.15, -0.1) is 24.8 Å². The van der Waals surface area contributed by atoms with E-state index in [1.54, 1.807) is 6.33 Å². The van der Waals surface area contributed by atoms with Crippen LogP contribution >= 0.6 is 24.8 Å². The first-order valence-electron chi connectivity index (χ1n) is 10.5. The fraction of sp³-hybridized carbons (Fsp3) is 0.500. The summed E-state index contributed by atoms with van der Waals surface area (Å²) >= 11 is 0. The molecule has 5 rings (SSSR count). The van der Waals surface area contributed by atoms with Crippen LogP contribution in [-0.2, 0) is 21.5 Å². The lowest BCUT2D eigenvalue weighted by Crippen LogP contribution is -2.59. The molecule has 2 aliphatic heterocycles. The van der Waals surface area contributed by atoms with Gasteiger partial charge < -0.3 is 20.5 Å². The maximum atomic E-state index is 13.1. The molecule has 3 N–H and O–H groups in total. The predicted octanol–water partition coefficient (Wildman–Crippen LogP) is 2.57. The van der Waals surface area contributed by atoms with Crippen LogP contribution < -0.4 is 5.73 Å². The molecule has 2 aromatic rings. The first-order valence-corrected chi connectivity index (χ1v) is 10.5. The van der Waals surface area contributed by atoms with Crippen LogP contribution in [0, 0.1) is 5.92 Å². The van der Waals surface area contributed by atoms with Crippen molar-refractivity contribution in [2.45, 2.75) is 43.7 Å². The molecule has 1 atom stereocenters. The first-order chi connectivity index (χ1) is 14.1. The minimum absolute atomic E-state index is 0. The number of likely N-dealkylation sites (tertiary alicyclic amines) is 1. The van der Waals surface area contributed by atoms with Gasteiger partial charge in [-0.2, -0.15) is 0 Å². The second-order valence-electron chi connectivity index (χ2n) is 8.49. The summed E-state index contributed by atoms with van der Waals surface area (Å²) in [5.74, 6) is 0.391. The van der Waals surface area contributed by atoms with E-state index in [0.717, 1.165) is 42.8 Å². The van der Waals surface area contributed by atoms with Gasteiger partial charge in [-0.25, -0.2) is 4.98 Å². The number of fused-ring (bicyclic) bond motifs is 2. The number of rotatable bonds is 3. The summed E-state index contributed by atoms with van der Waals surface area (Å²) in [4.78, 5) is 37.9. The van der Waals surface area contributed by atoms with Crippen molar-refractivity contribution in [3.8, 4) is 0 Å². The van der Waals surface area contributed by atoms with E-state index >= 15 is 0 Å². The Kier molecular flexibility index (Phi) is 6.98. The van der Waals surface area contributed by atoms with Crippen LogP contribution in [0.5, 0.6) is 0 Å². The molecule has 3 aliphatic rings. The van der Waals surface area contributed by atoms with E-state index in [1.165, 1.54) is 0 Å². The van der Waals surface area contributed by atoms with Crippen molar-refractivity contribution in [1.29, 1.82) is 0 Å². The Balaban J connectivity index is 0.00000136. The zero-order valence-electron chi connectivity index (χ0n) is 17.3. The molecule has 7 nitrogen and oxygen atoms in total. The van der Waals surface area contributed by atoms with Crippen molar-refractivity contribution in [3.63, 3.8) is 0 Å². The number of H-pyrrole nitrogens is 1. The third-order valence-electron chi connectivity index (χ3n) is 6.78. The Morgan fingerprint density at radius 1 is 1.10 bits per heavy atom. The van der Waals surface area contributed by atoms with Gasteiger partial charge in [0, 0.05) is 37.7 Å². The number of nitrogens with one attached hydrogen (secondary N) is 1. The minimum atomic E-state index is -0.651. The molecule has 9 heteroatoms. The van der Waals surface area contributed by atoms with Crippen LogP contribution in [0.3, 0.4) is 0 Å². The lowest BCUT2D eigenvalue weighted by Gasteiger charge is -2.50. The zero-order chi connectivity index (χ0) is 20.0. The summed E-state index contributed by atoms with van der Waals surface area (Å²) in [5.41, 5.74) is 8.80. The molecule has 2 amide bonds. The fourth-order valence-corrected chi connectivity index (χ4v) is 4.95. The maximum absolute atomic E-state index is 13.1. The monoisotopic (exact) mass is 465 g/mol. The lowest BCUT2D eigenvalue weighted by molar-refractivity contribution is -0.146. The van der Waals surface area contributed by atoms with E-state index in [1.807, 2.05) is 35.2 Å². The Morgan fingerprint density at radius 2 is 1.77 bits per heavy atom. The molecule has 1 spiro atoms. The Morgan fingerprint density at radius 3 is 2.42 bits per heavy atom. The van der Waals surface area contributed by atoms with E-state index < -0.39 is 11.6 Å². The van der Waals surface area contributed by atoms with Crippen molar-refractivity contribution in [2.24, 2.45) is 11.7 Å². The van der Waals surface area contributed by atoms with Crippen LogP contribution in [0.1, 0.15) is 48.7 Å². The van der Waals surface area contributed by atoms with Crippen LogP contribution in [0.25, 0.3) is 0 Å². The van der Waals surface area contributed by atoms with E-state index in [4.69, 9.17) is 5.73 Å². The SMILES string of the molecule is Cl.Cl.N[C@H](C(=O)N1CCC2(CC1)c1nc[nH]c1CCN2C(=O)C1CC1)c1ccccc1. The smallest absolute Gasteiger partial charge is 0.244 e. The summed E-state index contributed by atoms with van der Waals surface area (Å²) in [6.45, 7) is 1.89. The molecule has 31 heavy (non-hydrogen) atoms. The predicted molar refractivity (Wildman–Crippen MR) is 122 cm³/mol. The molecule has 1 aliphatic carbocycles. The van der Waals surface area contributed by atoms with Gasteiger partial charge in [0.05, 0.1) is 17.6 Å². The number of nitrogens with zero attached hydrogens (tertiary/aromatic N) is 3. The van der Waals surface area contributed by atoms with E-state index in [0.29, 0.717) is 25.9 Å². The van der Waals surface area contributed by atoms with Gasteiger partial charge in [0.15, 0.2) is 0 Å². The van der Waals surface area contributed by atoms with E-state index in [2.05, 4.69) is 14.9 Å². The number of carbonyl (C=O) groups is 2. The minimum Gasteiger partial charge on any atom is -0.348 e. The summed E-state index contributed by atoms with van der Waals surface area (Å²) < 4.78 is 0. The number of hydrogen-bond donors (Lipinski definition) is 2. The largest absolute Gasteiger partial charge is 0.348 e. The molecule has 0 unspecified atom stereocenters. The second kappa shape index (κ2) is 9.18. The number of amides is 2. The summed E-state index contributed by atoms with van der Waals surface area (Å²) in [5, 5.41) is 0. The molecule has 1 aromatic heterocycles. The molecule has 168 valence electrons. The van der Waals surface area contributed by atoms with Crippen molar-refractivity contribution in [1.82, 2.24) is 19.8 Å². The van der Waals surface area contributed by atoms with Gasteiger partial charge in [0.1, 0.15) is 6.04 Å². The second-order valence-corrected chi connectivity index (χ2v) is 8.49. The maximum Gasteiger partial charge on any atom is 0.244 e. The highest BCUT2D eigenvalue weighted by atomic mass is 35.5. The standard InChI is InChI=1S/C22H27N5O2.2ClH/c23-18(15-4-2-1-3-5-15)21(29)26-12-9-22(10-13-26)19-17(24-14-25-19)8-11-27(22)20(28)16-6-7-16;;/h1-5,14,16,18H,6-13,23H2,(H,24,25);2*1H/t18-;;/m0../s1. The van der Waals surface area contributed by atoms with Crippen molar-refractivity contribution < 1.29 is 9.59 Å². The molecule has 0 radical (unpaired) electrons. The van der Waals surface area contributed by atoms with Crippen LogP contribution in [0.2, 0.25) is 0 Å². The quantitative estimate of drug-likeness (QED) is 0.727. The number of halogens is 2. The normalized spacial score (nSPS) is 20.3. The Bertz CT molecular complexity index is 923. The summed E-state index contributed by atoms with van der Waals surface area (Å²) in [7, 11) is 0. The number of nitrogens with two attached hydrogens (primary N) is 1.